The number of carbonyl (C=O) groups is 1. The summed E-state index contributed by atoms with van der Waals surface area (Å²) >= 11 is 5.30. The number of carbonyl (C=O) groups excluding carboxylic acids is 1. The Morgan fingerprint density at radius 2 is 2.25 bits per heavy atom. The molecule has 2 aromatic rings. The number of hydrogen-bond acceptors (Lipinski definition) is 3. The first-order valence-corrected chi connectivity index (χ1v) is 7.19. The molecule has 1 amide bonds. The predicted octanol–water partition coefficient (Wildman–Crippen LogP) is 2.62. The second kappa shape index (κ2) is 6.56. The van der Waals surface area contributed by atoms with Crippen molar-refractivity contribution >= 4 is 29.2 Å². The average Bonchev–Trinajstić information content (AvgIpc) is 2.75. The molecular weight excluding hydrogens is 274 g/mol. The fourth-order valence-electron chi connectivity index (χ4n) is 2.05. The minimum absolute atomic E-state index is 0.0364. The second-order valence-electron chi connectivity index (χ2n) is 4.45. The number of para-hydroxylation sites is 1. The van der Waals surface area contributed by atoms with Crippen molar-refractivity contribution in [3.8, 4) is 5.75 Å². The molecule has 0 saturated heterocycles. The summed E-state index contributed by atoms with van der Waals surface area (Å²) in [6.07, 6.45) is 0.916. The molecule has 0 unspecified atom stereocenters. The lowest BCUT2D eigenvalue weighted by Gasteiger charge is -2.07. The summed E-state index contributed by atoms with van der Waals surface area (Å²) in [6.45, 7) is 5.43. The molecule has 1 aromatic heterocycles. The van der Waals surface area contributed by atoms with Gasteiger partial charge < -0.3 is 19.6 Å². The maximum atomic E-state index is 11.9. The van der Waals surface area contributed by atoms with Gasteiger partial charge in [0.15, 0.2) is 4.77 Å². The van der Waals surface area contributed by atoms with E-state index in [2.05, 4.69) is 10.3 Å². The third-order valence-electron chi connectivity index (χ3n) is 2.95. The van der Waals surface area contributed by atoms with Crippen LogP contribution >= 0.6 is 12.2 Å². The maximum Gasteiger partial charge on any atom is 0.240 e. The van der Waals surface area contributed by atoms with E-state index in [0.717, 1.165) is 23.2 Å². The monoisotopic (exact) mass is 293 g/mol. The highest BCUT2D eigenvalue weighted by atomic mass is 32.1. The van der Waals surface area contributed by atoms with E-state index in [1.54, 1.807) is 4.57 Å². The topological polar surface area (TPSA) is 59.0 Å². The number of aromatic nitrogens is 2. The summed E-state index contributed by atoms with van der Waals surface area (Å²) in [5, 5.41) is 2.85. The number of ether oxygens (including phenoxy) is 1. The third-order valence-corrected chi connectivity index (χ3v) is 3.27. The zero-order valence-corrected chi connectivity index (χ0v) is 12.5. The number of H-pyrrole nitrogens is 1. The highest BCUT2D eigenvalue weighted by molar-refractivity contribution is 7.71. The van der Waals surface area contributed by atoms with Crippen LogP contribution in [0.3, 0.4) is 0 Å². The summed E-state index contributed by atoms with van der Waals surface area (Å²) in [4.78, 5) is 15.0. The quantitative estimate of drug-likeness (QED) is 0.805. The van der Waals surface area contributed by atoms with Crippen molar-refractivity contribution in [1.82, 2.24) is 14.9 Å². The molecule has 0 bridgehead atoms. The Kier molecular flexibility index (Phi) is 4.79. The van der Waals surface area contributed by atoms with E-state index in [1.807, 2.05) is 32.0 Å². The predicted molar refractivity (Wildman–Crippen MR) is 81.6 cm³/mol. The lowest BCUT2D eigenvalue weighted by molar-refractivity contribution is -0.121. The van der Waals surface area contributed by atoms with Gasteiger partial charge in [-0.05, 0) is 37.7 Å². The summed E-state index contributed by atoms with van der Waals surface area (Å²) in [5.74, 6) is 0.717. The molecule has 108 valence electrons. The molecule has 0 radical (unpaired) electrons. The van der Waals surface area contributed by atoms with Crippen LogP contribution in [0.15, 0.2) is 18.2 Å². The maximum absolute atomic E-state index is 11.9. The van der Waals surface area contributed by atoms with Gasteiger partial charge in [0.05, 0.1) is 12.1 Å². The third kappa shape index (κ3) is 3.01. The van der Waals surface area contributed by atoms with E-state index >= 15 is 0 Å². The molecule has 0 fully saturated rings. The molecule has 0 aliphatic rings. The van der Waals surface area contributed by atoms with Crippen LogP contribution in [-0.2, 0) is 11.3 Å². The molecule has 0 aliphatic heterocycles. The van der Waals surface area contributed by atoms with Crippen LogP contribution in [0.5, 0.6) is 5.75 Å². The Bertz CT molecular complexity index is 660. The Labute approximate surface area is 122 Å². The number of rotatable bonds is 6. The molecule has 20 heavy (non-hydrogen) atoms. The summed E-state index contributed by atoms with van der Waals surface area (Å²) in [6, 6.07) is 5.71. The lowest BCUT2D eigenvalue weighted by Crippen LogP contribution is -2.28. The SMILES string of the molecule is CCCNC(=O)Cn1c(=S)[nH]c2c(OCC)cccc21. The molecule has 1 heterocycles. The zero-order chi connectivity index (χ0) is 14.5. The number of amides is 1. The van der Waals surface area contributed by atoms with Crippen LogP contribution in [0.25, 0.3) is 11.0 Å². The number of aromatic amines is 1. The Balaban J connectivity index is 2.34. The minimum Gasteiger partial charge on any atom is -0.492 e. The molecule has 5 nitrogen and oxygen atoms in total. The van der Waals surface area contributed by atoms with Crippen LogP contribution in [0.2, 0.25) is 0 Å². The van der Waals surface area contributed by atoms with Crippen LogP contribution in [0.4, 0.5) is 0 Å². The van der Waals surface area contributed by atoms with Gasteiger partial charge in [-0.25, -0.2) is 0 Å². The molecule has 1 aromatic carbocycles. The second-order valence-corrected chi connectivity index (χ2v) is 4.84. The highest BCUT2D eigenvalue weighted by Gasteiger charge is 2.11. The summed E-state index contributed by atoms with van der Waals surface area (Å²) in [7, 11) is 0. The van der Waals surface area contributed by atoms with Crippen molar-refractivity contribution in [2.75, 3.05) is 13.2 Å². The normalized spacial score (nSPS) is 10.7. The number of hydrogen-bond donors (Lipinski definition) is 2. The number of fused-ring (bicyclic) bond motifs is 1. The van der Waals surface area contributed by atoms with Crippen molar-refractivity contribution in [3.05, 3.63) is 23.0 Å². The van der Waals surface area contributed by atoms with E-state index in [1.165, 1.54) is 0 Å². The van der Waals surface area contributed by atoms with Crippen LogP contribution in [-0.4, -0.2) is 28.6 Å². The molecule has 2 rings (SSSR count). The molecule has 6 heteroatoms. The van der Waals surface area contributed by atoms with Crippen molar-refractivity contribution < 1.29 is 9.53 Å². The first-order valence-electron chi connectivity index (χ1n) is 6.78. The van der Waals surface area contributed by atoms with E-state index < -0.39 is 0 Å². The smallest absolute Gasteiger partial charge is 0.240 e. The highest BCUT2D eigenvalue weighted by Crippen LogP contribution is 2.24. The molecular formula is C14H19N3O2S. The number of imidazole rings is 1. The Morgan fingerprint density at radius 3 is 2.95 bits per heavy atom. The summed E-state index contributed by atoms with van der Waals surface area (Å²) in [5.41, 5.74) is 1.72. The van der Waals surface area contributed by atoms with Crippen molar-refractivity contribution in [2.24, 2.45) is 0 Å². The Hall–Kier alpha value is -1.82. The van der Waals surface area contributed by atoms with Gasteiger partial charge in [0.25, 0.3) is 0 Å². The first-order chi connectivity index (χ1) is 9.67. The standard InChI is InChI=1S/C14H19N3O2S/c1-3-8-15-12(18)9-17-10-6-5-7-11(19-4-2)13(10)16-14(17)20/h5-7H,3-4,8-9H2,1-2H3,(H,15,18)(H,16,20). The van der Waals surface area contributed by atoms with Gasteiger partial charge in [-0.2, -0.15) is 0 Å². The van der Waals surface area contributed by atoms with Gasteiger partial charge in [0, 0.05) is 6.54 Å². The lowest BCUT2D eigenvalue weighted by atomic mass is 10.3. The molecule has 0 aliphatic carbocycles. The number of nitrogens with one attached hydrogen (secondary N) is 2. The van der Waals surface area contributed by atoms with E-state index in [-0.39, 0.29) is 12.5 Å². The van der Waals surface area contributed by atoms with Crippen LogP contribution in [0, 0.1) is 4.77 Å². The van der Waals surface area contributed by atoms with Gasteiger partial charge in [0.1, 0.15) is 17.8 Å². The fourth-order valence-corrected chi connectivity index (χ4v) is 2.32. The van der Waals surface area contributed by atoms with E-state index in [4.69, 9.17) is 17.0 Å². The van der Waals surface area contributed by atoms with E-state index in [0.29, 0.717) is 17.9 Å². The van der Waals surface area contributed by atoms with Crippen LogP contribution < -0.4 is 10.1 Å². The zero-order valence-electron chi connectivity index (χ0n) is 11.7. The molecule has 0 spiro atoms. The Morgan fingerprint density at radius 1 is 1.45 bits per heavy atom. The van der Waals surface area contributed by atoms with Crippen molar-refractivity contribution in [3.63, 3.8) is 0 Å². The minimum atomic E-state index is -0.0364. The fraction of sp³-hybridized carbons (Fsp3) is 0.429. The first kappa shape index (κ1) is 14.6. The average molecular weight is 293 g/mol. The summed E-state index contributed by atoms with van der Waals surface area (Å²) < 4.78 is 7.88. The van der Waals surface area contributed by atoms with Crippen molar-refractivity contribution in [2.45, 2.75) is 26.8 Å². The van der Waals surface area contributed by atoms with Crippen molar-refractivity contribution in [1.29, 1.82) is 0 Å². The largest absolute Gasteiger partial charge is 0.492 e. The molecule has 0 saturated carbocycles. The number of nitrogens with zero attached hydrogens (tertiary/aromatic N) is 1. The molecule has 0 atom stereocenters. The van der Waals surface area contributed by atoms with Gasteiger partial charge in [-0.3, -0.25) is 4.79 Å². The van der Waals surface area contributed by atoms with Crippen LogP contribution in [0.1, 0.15) is 20.3 Å². The van der Waals surface area contributed by atoms with E-state index in [9.17, 15) is 4.79 Å². The van der Waals surface area contributed by atoms with Gasteiger partial charge in [0.2, 0.25) is 5.91 Å². The molecule has 2 N–H and O–H groups in total. The van der Waals surface area contributed by atoms with Gasteiger partial charge >= 0.3 is 0 Å². The number of benzene rings is 1. The van der Waals surface area contributed by atoms with Gasteiger partial charge in [-0.1, -0.05) is 13.0 Å². The van der Waals surface area contributed by atoms with Gasteiger partial charge in [-0.15, -0.1) is 0 Å².